The summed E-state index contributed by atoms with van der Waals surface area (Å²) >= 11 is 0. The predicted octanol–water partition coefficient (Wildman–Crippen LogP) is 1.11. The lowest BCUT2D eigenvalue weighted by Crippen LogP contribution is -2.25. The van der Waals surface area contributed by atoms with Crippen LogP contribution in [0.3, 0.4) is 0 Å². The summed E-state index contributed by atoms with van der Waals surface area (Å²) in [4.78, 5) is 0. The molecule has 0 amide bonds. The van der Waals surface area contributed by atoms with Gasteiger partial charge in [-0.05, 0) is 26.0 Å². The molecule has 0 fully saturated rings. The second-order valence-electron chi connectivity index (χ2n) is 2.34. The normalized spacial score (nSPS) is 13.5. The molecule has 0 saturated heterocycles. The summed E-state index contributed by atoms with van der Waals surface area (Å²) in [7, 11) is 0. The summed E-state index contributed by atoms with van der Waals surface area (Å²) in [6, 6.07) is 3.93. The average Bonchev–Trinajstić information content (AvgIpc) is 2.34. The van der Waals surface area contributed by atoms with Gasteiger partial charge in [0.05, 0.1) is 6.04 Å². The van der Waals surface area contributed by atoms with Crippen molar-refractivity contribution in [1.82, 2.24) is 5.43 Å². The maximum Gasteiger partial charge on any atom is 0.122 e. The third-order valence-corrected chi connectivity index (χ3v) is 1.44. The summed E-state index contributed by atoms with van der Waals surface area (Å²) in [6.45, 7) is 3.85. The molecule has 3 heteroatoms. The third kappa shape index (κ3) is 1.37. The zero-order valence-corrected chi connectivity index (χ0v) is 6.22. The van der Waals surface area contributed by atoms with Crippen LogP contribution in [-0.2, 0) is 0 Å². The lowest BCUT2D eigenvalue weighted by molar-refractivity contribution is 0.421. The van der Waals surface area contributed by atoms with E-state index in [9.17, 15) is 0 Å². The van der Waals surface area contributed by atoms with E-state index in [1.807, 2.05) is 26.0 Å². The zero-order valence-electron chi connectivity index (χ0n) is 6.22. The molecule has 3 nitrogen and oxygen atoms in total. The molecular formula is C7H12N2O. The van der Waals surface area contributed by atoms with E-state index in [0.29, 0.717) is 0 Å². The highest BCUT2D eigenvalue weighted by Gasteiger charge is 2.05. The first-order valence-corrected chi connectivity index (χ1v) is 3.26. The molecule has 0 unspecified atom stereocenters. The number of aryl methyl sites for hydroxylation is 1. The SMILES string of the molecule is Cc1ccc([C@@H](C)NN)o1. The quantitative estimate of drug-likeness (QED) is 0.478. The molecule has 0 aliphatic heterocycles. The van der Waals surface area contributed by atoms with Crippen LogP contribution >= 0.6 is 0 Å². The Kier molecular flexibility index (Phi) is 2.09. The number of hydrogen-bond acceptors (Lipinski definition) is 3. The molecule has 0 bridgehead atoms. The predicted molar refractivity (Wildman–Crippen MR) is 39.2 cm³/mol. The highest BCUT2D eigenvalue weighted by Crippen LogP contribution is 2.13. The molecule has 0 radical (unpaired) electrons. The van der Waals surface area contributed by atoms with Gasteiger partial charge in [-0.25, -0.2) is 0 Å². The van der Waals surface area contributed by atoms with Gasteiger partial charge < -0.3 is 4.42 Å². The fourth-order valence-corrected chi connectivity index (χ4v) is 0.768. The number of hydrazine groups is 1. The molecule has 56 valence electrons. The van der Waals surface area contributed by atoms with Gasteiger partial charge in [-0.3, -0.25) is 11.3 Å². The van der Waals surface area contributed by atoms with Crippen molar-refractivity contribution in [1.29, 1.82) is 0 Å². The van der Waals surface area contributed by atoms with E-state index in [4.69, 9.17) is 10.3 Å². The first-order chi connectivity index (χ1) is 4.74. The fourth-order valence-electron chi connectivity index (χ4n) is 0.768. The first kappa shape index (κ1) is 7.31. The lowest BCUT2D eigenvalue weighted by Gasteiger charge is -2.04. The molecule has 1 heterocycles. The Morgan fingerprint density at radius 2 is 2.30 bits per heavy atom. The molecule has 3 N–H and O–H groups in total. The molecule has 1 aromatic rings. The van der Waals surface area contributed by atoms with Crippen molar-refractivity contribution in [3.05, 3.63) is 23.7 Å². The Morgan fingerprint density at radius 3 is 2.70 bits per heavy atom. The van der Waals surface area contributed by atoms with Crippen LogP contribution in [0.2, 0.25) is 0 Å². The van der Waals surface area contributed by atoms with Gasteiger partial charge in [0, 0.05) is 0 Å². The van der Waals surface area contributed by atoms with Crippen LogP contribution in [-0.4, -0.2) is 0 Å². The topological polar surface area (TPSA) is 51.2 Å². The highest BCUT2D eigenvalue weighted by atomic mass is 16.3. The molecular weight excluding hydrogens is 128 g/mol. The van der Waals surface area contributed by atoms with E-state index in [2.05, 4.69) is 5.43 Å². The molecule has 10 heavy (non-hydrogen) atoms. The van der Waals surface area contributed by atoms with Gasteiger partial charge in [-0.1, -0.05) is 0 Å². The van der Waals surface area contributed by atoms with Crippen LogP contribution in [0.4, 0.5) is 0 Å². The largest absolute Gasteiger partial charge is 0.465 e. The smallest absolute Gasteiger partial charge is 0.122 e. The Morgan fingerprint density at radius 1 is 1.60 bits per heavy atom. The Bertz CT molecular complexity index is 207. The molecule has 1 rings (SSSR count). The van der Waals surface area contributed by atoms with Gasteiger partial charge in [-0.15, -0.1) is 0 Å². The minimum absolute atomic E-state index is 0.0914. The molecule has 0 aromatic carbocycles. The van der Waals surface area contributed by atoms with E-state index < -0.39 is 0 Å². The zero-order chi connectivity index (χ0) is 7.56. The van der Waals surface area contributed by atoms with Crippen LogP contribution < -0.4 is 11.3 Å². The maximum atomic E-state index is 5.29. The van der Waals surface area contributed by atoms with Crippen LogP contribution in [0, 0.1) is 6.92 Å². The monoisotopic (exact) mass is 140 g/mol. The number of nitrogens with one attached hydrogen (secondary N) is 1. The van der Waals surface area contributed by atoms with Crippen molar-refractivity contribution < 1.29 is 4.42 Å². The fraction of sp³-hybridized carbons (Fsp3) is 0.429. The molecule has 0 aliphatic carbocycles. The summed E-state index contributed by atoms with van der Waals surface area (Å²) in [5.41, 5.74) is 2.60. The van der Waals surface area contributed by atoms with Gasteiger partial charge >= 0.3 is 0 Å². The standard InChI is InChI=1S/C7H12N2O/c1-5-3-4-7(10-5)6(2)9-8/h3-4,6,9H,8H2,1-2H3/t6-/m1/s1. The van der Waals surface area contributed by atoms with E-state index in [-0.39, 0.29) is 6.04 Å². The van der Waals surface area contributed by atoms with Crippen LogP contribution in [0.1, 0.15) is 24.5 Å². The van der Waals surface area contributed by atoms with Gasteiger partial charge in [0.1, 0.15) is 11.5 Å². The molecule has 1 aromatic heterocycles. The summed E-state index contributed by atoms with van der Waals surface area (Å²) in [5, 5.41) is 0. The number of furan rings is 1. The number of nitrogens with two attached hydrogens (primary N) is 1. The second-order valence-corrected chi connectivity index (χ2v) is 2.34. The molecule has 0 aliphatic rings. The summed E-state index contributed by atoms with van der Waals surface area (Å²) < 4.78 is 5.29. The van der Waals surface area contributed by atoms with Crippen LogP contribution in [0.5, 0.6) is 0 Å². The minimum Gasteiger partial charge on any atom is -0.465 e. The lowest BCUT2D eigenvalue weighted by atomic mass is 10.3. The molecule has 0 spiro atoms. The third-order valence-electron chi connectivity index (χ3n) is 1.44. The Balaban J connectivity index is 2.74. The first-order valence-electron chi connectivity index (χ1n) is 3.26. The van der Waals surface area contributed by atoms with Crippen molar-refractivity contribution >= 4 is 0 Å². The van der Waals surface area contributed by atoms with E-state index in [0.717, 1.165) is 11.5 Å². The van der Waals surface area contributed by atoms with Crippen molar-refractivity contribution in [3.63, 3.8) is 0 Å². The van der Waals surface area contributed by atoms with Gasteiger partial charge in [-0.2, -0.15) is 0 Å². The van der Waals surface area contributed by atoms with Crippen molar-refractivity contribution in [2.75, 3.05) is 0 Å². The van der Waals surface area contributed by atoms with Gasteiger partial charge in [0.15, 0.2) is 0 Å². The summed E-state index contributed by atoms with van der Waals surface area (Å²) in [6.07, 6.45) is 0. The molecule has 1 atom stereocenters. The maximum absolute atomic E-state index is 5.29. The van der Waals surface area contributed by atoms with Gasteiger partial charge in [0.25, 0.3) is 0 Å². The Labute approximate surface area is 60.2 Å². The van der Waals surface area contributed by atoms with Gasteiger partial charge in [0.2, 0.25) is 0 Å². The minimum atomic E-state index is 0.0914. The highest BCUT2D eigenvalue weighted by molar-refractivity contribution is 5.08. The van der Waals surface area contributed by atoms with Crippen LogP contribution in [0.25, 0.3) is 0 Å². The van der Waals surface area contributed by atoms with E-state index in [1.165, 1.54) is 0 Å². The second kappa shape index (κ2) is 2.86. The number of rotatable bonds is 2. The number of hydrogen-bond donors (Lipinski definition) is 2. The summed E-state index contributed by atoms with van der Waals surface area (Å²) in [5.74, 6) is 6.99. The van der Waals surface area contributed by atoms with E-state index in [1.54, 1.807) is 0 Å². The Hall–Kier alpha value is -0.800. The van der Waals surface area contributed by atoms with Crippen molar-refractivity contribution in [2.24, 2.45) is 5.84 Å². The molecule has 0 saturated carbocycles. The average molecular weight is 140 g/mol. The van der Waals surface area contributed by atoms with E-state index >= 15 is 0 Å². The van der Waals surface area contributed by atoms with Crippen molar-refractivity contribution in [2.45, 2.75) is 19.9 Å². The van der Waals surface area contributed by atoms with Crippen molar-refractivity contribution in [3.8, 4) is 0 Å². The van der Waals surface area contributed by atoms with Crippen LogP contribution in [0.15, 0.2) is 16.5 Å².